The number of halogens is 1. The Labute approximate surface area is 211 Å². The highest BCUT2D eigenvalue weighted by Gasteiger charge is 2.22. The van der Waals surface area contributed by atoms with Gasteiger partial charge in [-0.1, -0.05) is 60.1 Å². The number of aromatic nitrogens is 5. The molecule has 0 saturated carbocycles. The van der Waals surface area contributed by atoms with Crippen molar-refractivity contribution in [2.75, 3.05) is 6.61 Å². The third-order valence-electron chi connectivity index (χ3n) is 6.11. The van der Waals surface area contributed by atoms with Crippen LogP contribution in [0.2, 0.25) is 5.02 Å². The highest BCUT2D eigenvalue weighted by atomic mass is 35.5. The second kappa shape index (κ2) is 9.93. The largest absolute Gasteiger partial charge is 0.396 e. The van der Waals surface area contributed by atoms with E-state index in [1.807, 2.05) is 54.6 Å². The third kappa shape index (κ3) is 4.36. The first-order chi connectivity index (χ1) is 17.5. The fourth-order valence-corrected chi connectivity index (χ4v) is 4.41. The zero-order valence-corrected chi connectivity index (χ0v) is 20.4. The van der Waals surface area contributed by atoms with Crippen LogP contribution in [0.15, 0.2) is 82.5 Å². The second-order valence-corrected chi connectivity index (χ2v) is 8.92. The fourth-order valence-electron chi connectivity index (χ4n) is 4.30. The first-order valence-corrected chi connectivity index (χ1v) is 11.9. The number of hydrogen-bond acceptors (Lipinski definition) is 5. The zero-order chi connectivity index (χ0) is 25.2. The van der Waals surface area contributed by atoms with Crippen LogP contribution >= 0.6 is 11.6 Å². The van der Waals surface area contributed by atoms with Gasteiger partial charge in [-0.15, -0.1) is 0 Å². The molecule has 0 atom stereocenters. The van der Waals surface area contributed by atoms with Crippen molar-refractivity contribution in [3.8, 4) is 22.5 Å². The number of aliphatic hydroxyl groups excluding tert-OH is 1. The molecule has 0 bridgehead atoms. The Hall–Kier alpha value is -4.01. The Morgan fingerprint density at radius 3 is 2.39 bits per heavy atom. The lowest BCUT2D eigenvalue weighted by atomic mass is 10.0. The highest BCUT2D eigenvalue weighted by molar-refractivity contribution is 6.30. The van der Waals surface area contributed by atoms with Crippen LogP contribution in [0.5, 0.6) is 0 Å². The van der Waals surface area contributed by atoms with Crippen molar-refractivity contribution in [3.05, 3.63) is 104 Å². The molecule has 5 aromatic rings. The van der Waals surface area contributed by atoms with Gasteiger partial charge in [0.2, 0.25) is 0 Å². The first kappa shape index (κ1) is 23.7. The van der Waals surface area contributed by atoms with Crippen molar-refractivity contribution in [2.45, 2.75) is 19.5 Å². The van der Waals surface area contributed by atoms with Crippen LogP contribution in [0, 0.1) is 0 Å². The van der Waals surface area contributed by atoms with Gasteiger partial charge in [-0.05, 0) is 35.7 Å². The molecule has 0 aliphatic heterocycles. The third-order valence-corrected chi connectivity index (χ3v) is 6.33. The monoisotopic (exact) mass is 501 g/mol. The highest BCUT2D eigenvalue weighted by Crippen LogP contribution is 2.28. The Kier molecular flexibility index (Phi) is 6.54. The van der Waals surface area contributed by atoms with E-state index in [1.165, 1.54) is 4.57 Å². The molecular weight excluding hydrogens is 478 g/mol. The molecule has 0 aliphatic carbocycles. The molecule has 0 aliphatic rings. The van der Waals surface area contributed by atoms with Gasteiger partial charge in [0.05, 0.1) is 17.3 Å². The number of fused-ring (bicyclic) bond motifs is 1. The smallest absolute Gasteiger partial charge is 0.332 e. The maximum absolute atomic E-state index is 13.6. The fraction of sp³-hybridized carbons (Fsp3) is 0.185. The number of aryl methyl sites for hydroxylation is 1. The summed E-state index contributed by atoms with van der Waals surface area (Å²) in [5.74, 6) is 0.548. The summed E-state index contributed by atoms with van der Waals surface area (Å²) in [5, 5.41) is 9.79. The minimum atomic E-state index is -0.472. The number of benzene rings is 2. The summed E-state index contributed by atoms with van der Waals surface area (Å²) >= 11 is 6.03. The average molecular weight is 502 g/mol. The standard InChI is InChI=1S/C27H24ClN5O3/c1-31-25-23(26(35)32(27(31)36)13-6-14-34)33(17-22-12-11-21(28)16-29-22)24(30-25)20-10-5-9-19(15-20)18-7-3-2-4-8-18/h2-5,7-12,15-16,34H,6,13-14,17H2,1H3. The van der Waals surface area contributed by atoms with Crippen LogP contribution in [0.3, 0.4) is 0 Å². The van der Waals surface area contributed by atoms with Gasteiger partial charge in [0.25, 0.3) is 5.56 Å². The van der Waals surface area contributed by atoms with Crippen molar-refractivity contribution < 1.29 is 5.11 Å². The molecule has 0 fully saturated rings. The van der Waals surface area contributed by atoms with Gasteiger partial charge in [0.1, 0.15) is 5.82 Å². The summed E-state index contributed by atoms with van der Waals surface area (Å²) in [5.41, 5.74) is 3.22. The van der Waals surface area contributed by atoms with Crippen LogP contribution in [0.25, 0.3) is 33.7 Å². The predicted molar refractivity (Wildman–Crippen MR) is 140 cm³/mol. The summed E-state index contributed by atoms with van der Waals surface area (Å²) in [6.07, 6.45) is 1.85. The van der Waals surface area contributed by atoms with E-state index in [4.69, 9.17) is 16.6 Å². The summed E-state index contributed by atoms with van der Waals surface area (Å²) in [7, 11) is 1.60. The number of nitrogens with zero attached hydrogens (tertiary/aromatic N) is 5. The topological polar surface area (TPSA) is 94.9 Å². The van der Waals surface area contributed by atoms with Gasteiger partial charge in [0.15, 0.2) is 11.2 Å². The predicted octanol–water partition coefficient (Wildman–Crippen LogP) is 3.71. The molecule has 0 spiro atoms. The van der Waals surface area contributed by atoms with E-state index in [1.54, 1.807) is 29.9 Å². The summed E-state index contributed by atoms with van der Waals surface area (Å²) in [4.78, 5) is 35.7. The van der Waals surface area contributed by atoms with E-state index in [9.17, 15) is 14.7 Å². The molecular formula is C27H24ClN5O3. The van der Waals surface area contributed by atoms with Crippen molar-refractivity contribution >= 4 is 22.8 Å². The van der Waals surface area contributed by atoms with E-state index < -0.39 is 11.2 Å². The first-order valence-electron chi connectivity index (χ1n) is 11.5. The maximum atomic E-state index is 13.6. The number of pyridine rings is 1. The minimum Gasteiger partial charge on any atom is -0.396 e. The molecule has 0 unspecified atom stereocenters. The molecule has 2 aromatic carbocycles. The number of aliphatic hydroxyl groups is 1. The molecule has 3 aromatic heterocycles. The van der Waals surface area contributed by atoms with Gasteiger partial charge in [-0.25, -0.2) is 9.78 Å². The van der Waals surface area contributed by atoms with E-state index in [0.717, 1.165) is 21.3 Å². The molecule has 182 valence electrons. The number of rotatable bonds is 7. The molecule has 1 N–H and O–H groups in total. The quantitative estimate of drug-likeness (QED) is 0.367. The lowest BCUT2D eigenvalue weighted by Crippen LogP contribution is -2.40. The molecule has 0 saturated heterocycles. The average Bonchev–Trinajstić information content (AvgIpc) is 3.29. The summed E-state index contributed by atoms with van der Waals surface area (Å²) in [6.45, 7) is 0.242. The summed E-state index contributed by atoms with van der Waals surface area (Å²) in [6, 6.07) is 21.4. The van der Waals surface area contributed by atoms with E-state index in [2.05, 4.69) is 4.98 Å². The molecule has 36 heavy (non-hydrogen) atoms. The van der Waals surface area contributed by atoms with E-state index in [-0.39, 0.29) is 19.7 Å². The molecule has 3 heterocycles. The molecule has 9 heteroatoms. The molecule has 8 nitrogen and oxygen atoms in total. The van der Waals surface area contributed by atoms with Gasteiger partial charge in [0, 0.05) is 32.0 Å². The lowest BCUT2D eigenvalue weighted by Gasteiger charge is -2.11. The van der Waals surface area contributed by atoms with Gasteiger partial charge in [-0.3, -0.25) is 18.9 Å². The van der Waals surface area contributed by atoms with Gasteiger partial charge >= 0.3 is 5.69 Å². The van der Waals surface area contributed by atoms with Gasteiger partial charge in [-0.2, -0.15) is 0 Å². The normalized spacial score (nSPS) is 11.3. The van der Waals surface area contributed by atoms with E-state index in [0.29, 0.717) is 34.1 Å². The van der Waals surface area contributed by atoms with Crippen molar-refractivity contribution in [3.63, 3.8) is 0 Å². The maximum Gasteiger partial charge on any atom is 0.332 e. The van der Waals surface area contributed by atoms with Crippen LogP contribution in [-0.4, -0.2) is 35.4 Å². The lowest BCUT2D eigenvalue weighted by molar-refractivity contribution is 0.277. The molecule has 5 rings (SSSR count). The van der Waals surface area contributed by atoms with Crippen molar-refractivity contribution in [2.24, 2.45) is 7.05 Å². The minimum absolute atomic E-state index is 0.112. The van der Waals surface area contributed by atoms with Crippen molar-refractivity contribution in [1.82, 2.24) is 23.7 Å². The van der Waals surface area contributed by atoms with Crippen LogP contribution < -0.4 is 11.2 Å². The van der Waals surface area contributed by atoms with Crippen LogP contribution in [0.1, 0.15) is 12.1 Å². The number of imidazole rings is 1. The Bertz CT molecular complexity index is 1650. The number of hydrogen-bond donors (Lipinski definition) is 1. The van der Waals surface area contributed by atoms with Crippen molar-refractivity contribution in [1.29, 1.82) is 0 Å². The Morgan fingerprint density at radius 1 is 0.917 bits per heavy atom. The summed E-state index contributed by atoms with van der Waals surface area (Å²) < 4.78 is 4.33. The SMILES string of the molecule is Cn1c(=O)n(CCCO)c(=O)c2c1nc(-c1cccc(-c3ccccc3)c1)n2Cc1ccc(Cl)cn1. The zero-order valence-electron chi connectivity index (χ0n) is 19.6. The van der Waals surface area contributed by atoms with Crippen LogP contribution in [0.4, 0.5) is 0 Å². The Balaban J connectivity index is 1.77. The molecule has 0 amide bonds. The Morgan fingerprint density at radius 2 is 1.67 bits per heavy atom. The second-order valence-electron chi connectivity index (χ2n) is 8.48. The van der Waals surface area contributed by atoms with Crippen LogP contribution in [-0.2, 0) is 20.1 Å². The van der Waals surface area contributed by atoms with E-state index >= 15 is 0 Å². The molecule has 0 radical (unpaired) electrons. The van der Waals surface area contributed by atoms with Gasteiger partial charge < -0.3 is 9.67 Å².